The van der Waals surface area contributed by atoms with Crippen LogP contribution in [0.25, 0.3) is 27.5 Å². The second-order valence-corrected chi connectivity index (χ2v) is 9.76. The van der Waals surface area contributed by atoms with Gasteiger partial charge in [-0.05, 0) is 79.8 Å². The van der Waals surface area contributed by atoms with Crippen molar-refractivity contribution >= 4 is 27.8 Å². The van der Waals surface area contributed by atoms with Gasteiger partial charge in [-0.25, -0.2) is 8.78 Å². The topological polar surface area (TPSA) is 80.1 Å². The standard InChI is InChI=1S/C28H33F2N3O3/c1-16(2)28-24(18(8-6-12-36-4)7-5-9-23(34)35)25-22(14-19-15-31-32-27(19)26(25)30)33(28)20-10-11-21(29)17(3)13-20/h10-11,13-16,18H,5-9,12H2,1-4H3,(H,31,32)(H,34,35)/t18-/m0/s1. The summed E-state index contributed by atoms with van der Waals surface area (Å²) < 4.78 is 37.7. The molecule has 1 atom stereocenters. The van der Waals surface area contributed by atoms with Gasteiger partial charge >= 0.3 is 5.97 Å². The van der Waals surface area contributed by atoms with E-state index >= 15 is 4.39 Å². The van der Waals surface area contributed by atoms with Crippen LogP contribution in [0, 0.1) is 18.6 Å². The first-order valence-electron chi connectivity index (χ1n) is 12.4. The molecule has 0 aliphatic carbocycles. The van der Waals surface area contributed by atoms with Gasteiger partial charge in [0.1, 0.15) is 11.3 Å². The maximum Gasteiger partial charge on any atom is 0.303 e. The summed E-state index contributed by atoms with van der Waals surface area (Å²) in [5.74, 6) is -1.56. The van der Waals surface area contributed by atoms with E-state index in [0.29, 0.717) is 46.8 Å². The van der Waals surface area contributed by atoms with Gasteiger partial charge in [-0.15, -0.1) is 0 Å². The molecule has 0 fully saturated rings. The number of nitrogens with zero attached hydrogens (tertiary/aromatic N) is 2. The highest BCUT2D eigenvalue weighted by molar-refractivity contribution is 5.99. The van der Waals surface area contributed by atoms with Gasteiger partial charge in [0.2, 0.25) is 0 Å². The molecule has 36 heavy (non-hydrogen) atoms. The number of carboxylic acids is 1. The summed E-state index contributed by atoms with van der Waals surface area (Å²) in [6.07, 6.45) is 4.25. The van der Waals surface area contributed by atoms with Crippen molar-refractivity contribution < 1.29 is 23.4 Å². The number of rotatable bonds is 11. The lowest BCUT2D eigenvalue weighted by atomic mass is 9.85. The van der Waals surface area contributed by atoms with Crippen molar-refractivity contribution in [2.24, 2.45) is 0 Å². The molecule has 0 spiro atoms. The molecule has 8 heteroatoms. The van der Waals surface area contributed by atoms with Crippen LogP contribution in [0.3, 0.4) is 0 Å². The number of hydrogen-bond donors (Lipinski definition) is 2. The average molecular weight is 498 g/mol. The van der Waals surface area contributed by atoms with Crippen molar-refractivity contribution in [2.75, 3.05) is 13.7 Å². The van der Waals surface area contributed by atoms with E-state index in [1.165, 1.54) is 6.07 Å². The van der Waals surface area contributed by atoms with Gasteiger partial charge in [-0.2, -0.15) is 5.10 Å². The molecule has 0 saturated heterocycles. The van der Waals surface area contributed by atoms with E-state index in [4.69, 9.17) is 4.74 Å². The van der Waals surface area contributed by atoms with Crippen molar-refractivity contribution in [2.45, 2.75) is 64.7 Å². The van der Waals surface area contributed by atoms with Gasteiger partial charge in [0.05, 0.1) is 11.7 Å². The van der Waals surface area contributed by atoms with E-state index in [1.54, 1.807) is 32.4 Å². The van der Waals surface area contributed by atoms with Crippen LogP contribution in [0.2, 0.25) is 0 Å². The molecule has 2 heterocycles. The zero-order chi connectivity index (χ0) is 26.0. The first-order chi connectivity index (χ1) is 17.2. The van der Waals surface area contributed by atoms with Crippen molar-refractivity contribution in [3.8, 4) is 5.69 Å². The van der Waals surface area contributed by atoms with Crippen LogP contribution in [0.15, 0.2) is 30.5 Å². The third kappa shape index (κ3) is 4.87. The van der Waals surface area contributed by atoms with E-state index in [9.17, 15) is 14.3 Å². The Balaban J connectivity index is 2.04. The highest BCUT2D eigenvalue weighted by atomic mass is 19.1. The Labute approximate surface area is 209 Å². The monoisotopic (exact) mass is 497 g/mol. The minimum atomic E-state index is -0.843. The van der Waals surface area contributed by atoms with E-state index in [-0.39, 0.29) is 29.9 Å². The predicted molar refractivity (Wildman–Crippen MR) is 137 cm³/mol. The molecular weight excluding hydrogens is 464 g/mol. The quantitative estimate of drug-likeness (QED) is 0.219. The summed E-state index contributed by atoms with van der Waals surface area (Å²) in [5, 5.41) is 17.2. The number of aromatic nitrogens is 3. The Bertz CT molecular complexity index is 1390. The van der Waals surface area contributed by atoms with Crippen LogP contribution in [0.1, 0.15) is 74.6 Å². The lowest BCUT2D eigenvalue weighted by Gasteiger charge is -2.22. The van der Waals surface area contributed by atoms with Gasteiger partial charge < -0.3 is 14.4 Å². The van der Waals surface area contributed by atoms with Crippen LogP contribution >= 0.6 is 0 Å². The third-order valence-corrected chi connectivity index (χ3v) is 6.88. The number of halogens is 2. The lowest BCUT2D eigenvalue weighted by Crippen LogP contribution is -2.09. The first kappa shape index (κ1) is 25.8. The van der Waals surface area contributed by atoms with Crippen LogP contribution in [-0.4, -0.2) is 39.6 Å². The number of aromatic amines is 1. The largest absolute Gasteiger partial charge is 0.481 e. The zero-order valence-electron chi connectivity index (χ0n) is 21.2. The fraction of sp³-hybridized carbons (Fsp3) is 0.429. The summed E-state index contributed by atoms with van der Waals surface area (Å²) in [7, 11) is 1.65. The molecule has 0 radical (unpaired) electrons. The Hall–Kier alpha value is -3.26. The SMILES string of the molecule is COCCC[C@H](CCCC(=O)O)c1c(C(C)C)n(-c2ccc(F)c(C)c2)c2cc3cn[nH]c3c(F)c12. The summed E-state index contributed by atoms with van der Waals surface area (Å²) >= 11 is 0. The number of aryl methyl sites for hydroxylation is 1. The number of carbonyl (C=O) groups is 1. The van der Waals surface area contributed by atoms with Crippen LogP contribution in [0.4, 0.5) is 8.78 Å². The Morgan fingerprint density at radius 3 is 2.61 bits per heavy atom. The highest BCUT2D eigenvalue weighted by Crippen LogP contribution is 2.44. The minimum Gasteiger partial charge on any atom is -0.481 e. The molecule has 2 aromatic carbocycles. The summed E-state index contributed by atoms with van der Waals surface area (Å²) in [6, 6.07) is 6.87. The van der Waals surface area contributed by atoms with Crippen LogP contribution in [-0.2, 0) is 9.53 Å². The summed E-state index contributed by atoms with van der Waals surface area (Å²) in [6.45, 7) is 6.42. The number of ether oxygens (including phenoxy) is 1. The van der Waals surface area contributed by atoms with Gasteiger partial charge in [-0.3, -0.25) is 9.89 Å². The molecule has 0 amide bonds. The van der Waals surface area contributed by atoms with E-state index in [2.05, 4.69) is 24.0 Å². The molecule has 2 aromatic heterocycles. The Morgan fingerprint density at radius 1 is 1.19 bits per heavy atom. The molecule has 0 aliphatic heterocycles. The molecule has 0 aliphatic rings. The first-order valence-corrected chi connectivity index (χ1v) is 12.4. The predicted octanol–water partition coefficient (Wildman–Crippen LogP) is 6.98. The van der Waals surface area contributed by atoms with Crippen molar-refractivity contribution in [3.63, 3.8) is 0 Å². The van der Waals surface area contributed by atoms with E-state index in [0.717, 1.165) is 29.8 Å². The molecule has 6 nitrogen and oxygen atoms in total. The number of hydrogen-bond acceptors (Lipinski definition) is 3. The normalized spacial score (nSPS) is 12.8. The number of nitrogens with one attached hydrogen (secondary N) is 1. The summed E-state index contributed by atoms with van der Waals surface area (Å²) in [4.78, 5) is 11.3. The molecule has 4 aromatic rings. The molecule has 192 valence electrons. The van der Waals surface area contributed by atoms with E-state index in [1.807, 2.05) is 10.6 Å². The number of benzene rings is 2. The molecule has 4 rings (SSSR count). The second kappa shape index (κ2) is 10.8. The lowest BCUT2D eigenvalue weighted by molar-refractivity contribution is -0.137. The molecule has 0 bridgehead atoms. The fourth-order valence-electron chi connectivity index (χ4n) is 5.28. The smallest absolute Gasteiger partial charge is 0.303 e. The number of carboxylic acid groups (broad SMARTS) is 1. The summed E-state index contributed by atoms with van der Waals surface area (Å²) in [5.41, 5.74) is 4.14. The number of H-pyrrole nitrogens is 1. The average Bonchev–Trinajstić information content (AvgIpc) is 3.43. The number of fused-ring (bicyclic) bond motifs is 2. The van der Waals surface area contributed by atoms with E-state index < -0.39 is 5.97 Å². The van der Waals surface area contributed by atoms with Gasteiger partial charge in [-0.1, -0.05) is 13.8 Å². The fourth-order valence-corrected chi connectivity index (χ4v) is 5.28. The molecule has 2 N–H and O–H groups in total. The zero-order valence-corrected chi connectivity index (χ0v) is 21.2. The maximum absolute atomic E-state index is 16.2. The van der Waals surface area contributed by atoms with Gasteiger partial charge in [0.25, 0.3) is 0 Å². The number of aliphatic carboxylic acids is 1. The molecular formula is C28H33F2N3O3. The highest BCUT2D eigenvalue weighted by Gasteiger charge is 2.29. The minimum absolute atomic E-state index is 0.0259. The second-order valence-electron chi connectivity index (χ2n) is 9.76. The third-order valence-electron chi connectivity index (χ3n) is 6.88. The van der Waals surface area contributed by atoms with Crippen molar-refractivity contribution in [1.29, 1.82) is 0 Å². The van der Waals surface area contributed by atoms with Crippen LogP contribution < -0.4 is 0 Å². The van der Waals surface area contributed by atoms with Gasteiger partial charge in [0.15, 0.2) is 5.82 Å². The molecule has 0 saturated carbocycles. The van der Waals surface area contributed by atoms with Crippen molar-refractivity contribution in [3.05, 3.63) is 58.9 Å². The van der Waals surface area contributed by atoms with Gasteiger partial charge in [0, 0.05) is 42.3 Å². The van der Waals surface area contributed by atoms with Crippen LogP contribution in [0.5, 0.6) is 0 Å². The maximum atomic E-state index is 16.2. The number of methoxy groups -OCH3 is 1. The Kier molecular flexibility index (Phi) is 7.73. The molecule has 0 unspecified atom stereocenters. The Morgan fingerprint density at radius 2 is 1.94 bits per heavy atom. The van der Waals surface area contributed by atoms with Crippen molar-refractivity contribution in [1.82, 2.24) is 14.8 Å².